The van der Waals surface area contributed by atoms with Crippen LogP contribution in [0.15, 0.2) is 30.3 Å². The molecule has 0 aliphatic carbocycles. The van der Waals surface area contributed by atoms with Crippen LogP contribution < -0.4 is 10.8 Å². The number of amides is 2. The Morgan fingerprint density at radius 3 is 2.59 bits per heavy atom. The van der Waals surface area contributed by atoms with E-state index >= 15 is 0 Å². The first-order chi connectivity index (χ1) is 8.22. The molecule has 0 radical (unpaired) electrons. The number of rotatable bonds is 4. The van der Waals surface area contributed by atoms with E-state index in [1.54, 1.807) is 17.6 Å². The molecule has 1 aromatic carbocycles. The van der Waals surface area contributed by atoms with Crippen LogP contribution >= 0.6 is 0 Å². The van der Waals surface area contributed by atoms with Gasteiger partial charge in [0.15, 0.2) is 0 Å². The highest BCUT2D eigenvalue weighted by Crippen LogP contribution is 1.97. The molecule has 0 aliphatic heterocycles. The van der Waals surface area contributed by atoms with E-state index in [1.807, 2.05) is 18.2 Å². The highest BCUT2D eigenvalue weighted by molar-refractivity contribution is 5.80. The van der Waals surface area contributed by atoms with Crippen LogP contribution in [0.3, 0.4) is 0 Å². The fourth-order valence-corrected chi connectivity index (χ4v) is 0.975. The van der Waals surface area contributed by atoms with Crippen molar-refractivity contribution < 1.29 is 24.0 Å². The van der Waals surface area contributed by atoms with E-state index in [-0.39, 0.29) is 13.0 Å². The molecule has 7 nitrogen and oxygen atoms in total. The molecular weight excluding hydrogens is 228 g/mol. The van der Waals surface area contributed by atoms with E-state index in [0.717, 1.165) is 5.56 Å². The first-order valence-electron chi connectivity index (χ1n) is 4.62. The third-order valence-corrected chi connectivity index (χ3v) is 1.65. The zero-order valence-electron chi connectivity index (χ0n) is 8.71. The second-order valence-corrected chi connectivity index (χ2v) is 2.82. The summed E-state index contributed by atoms with van der Waals surface area (Å²) in [6, 6.07) is 9.05. The fourth-order valence-electron chi connectivity index (χ4n) is 0.975. The van der Waals surface area contributed by atoms with Crippen LogP contribution in [0.2, 0.25) is 0 Å². The molecule has 90 valence electrons. The number of nitrogens with one attached hydrogen (secondary N) is 2. The maximum Gasteiger partial charge on any atom is 0.542 e. The van der Waals surface area contributed by atoms with Crippen molar-refractivity contribution in [2.24, 2.45) is 0 Å². The SMILES string of the molecule is O=CNOC(=O)OC(=O)NCc1ccccc1. The van der Waals surface area contributed by atoms with Gasteiger partial charge in [0.1, 0.15) is 0 Å². The first-order valence-corrected chi connectivity index (χ1v) is 4.62. The summed E-state index contributed by atoms with van der Waals surface area (Å²) >= 11 is 0. The summed E-state index contributed by atoms with van der Waals surface area (Å²) in [6.07, 6.45) is -2.16. The minimum Gasteiger partial charge on any atom is -0.342 e. The van der Waals surface area contributed by atoms with Crippen molar-refractivity contribution in [2.75, 3.05) is 0 Å². The lowest BCUT2D eigenvalue weighted by atomic mass is 10.2. The number of hydroxylamine groups is 1. The third kappa shape index (κ3) is 5.17. The zero-order valence-corrected chi connectivity index (χ0v) is 8.71. The normalized spacial score (nSPS) is 8.94. The van der Waals surface area contributed by atoms with Gasteiger partial charge in [-0.2, -0.15) is 5.48 Å². The van der Waals surface area contributed by atoms with Crippen molar-refractivity contribution in [3.05, 3.63) is 35.9 Å². The van der Waals surface area contributed by atoms with E-state index in [1.165, 1.54) is 0 Å². The van der Waals surface area contributed by atoms with Gasteiger partial charge < -0.3 is 14.9 Å². The molecular formula is C10H10N2O5. The van der Waals surface area contributed by atoms with Crippen LogP contribution in [0.1, 0.15) is 5.56 Å². The van der Waals surface area contributed by atoms with Crippen molar-refractivity contribution in [2.45, 2.75) is 6.54 Å². The molecule has 0 saturated heterocycles. The highest BCUT2D eigenvalue weighted by atomic mass is 16.8. The molecule has 0 saturated carbocycles. The average molecular weight is 238 g/mol. The van der Waals surface area contributed by atoms with Gasteiger partial charge in [0, 0.05) is 6.54 Å². The predicted molar refractivity (Wildman–Crippen MR) is 55.4 cm³/mol. The van der Waals surface area contributed by atoms with Crippen molar-refractivity contribution >= 4 is 18.7 Å². The Morgan fingerprint density at radius 2 is 1.94 bits per heavy atom. The van der Waals surface area contributed by atoms with E-state index < -0.39 is 12.2 Å². The number of hydrogen-bond acceptors (Lipinski definition) is 5. The van der Waals surface area contributed by atoms with Gasteiger partial charge in [0.25, 0.3) is 0 Å². The van der Waals surface area contributed by atoms with Crippen LogP contribution in [0.4, 0.5) is 9.59 Å². The van der Waals surface area contributed by atoms with Gasteiger partial charge in [0.2, 0.25) is 6.41 Å². The molecule has 1 rings (SSSR count). The number of benzene rings is 1. The molecule has 0 bridgehead atoms. The molecule has 0 spiro atoms. The highest BCUT2D eigenvalue weighted by Gasteiger charge is 2.10. The van der Waals surface area contributed by atoms with Gasteiger partial charge in [-0.1, -0.05) is 30.3 Å². The molecule has 0 aliphatic rings. The van der Waals surface area contributed by atoms with E-state index in [2.05, 4.69) is 14.9 Å². The van der Waals surface area contributed by atoms with Crippen LogP contribution in [-0.2, 0) is 20.9 Å². The summed E-state index contributed by atoms with van der Waals surface area (Å²) in [4.78, 5) is 35.5. The Morgan fingerprint density at radius 1 is 1.24 bits per heavy atom. The summed E-state index contributed by atoms with van der Waals surface area (Å²) < 4.78 is 4.14. The van der Waals surface area contributed by atoms with Gasteiger partial charge >= 0.3 is 12.2 Å². The molecule has 2 amide bonds. The Hall–Kier alpha value is -2.57. The van der Waals surface area contributed by atoms with E-state index in [4.69, 9.17) is 0 Å². The maximum atomic E-state index is 11.0. The van der Waals surface area contributed by atoms with Gasteiger partial charge in [-0.25, -0.2) is 9.59 Å². The average Bonchev–Trinajstić information content (AvgIpc) is 2.35. The lowest BCUT2D eigenvalue weighted by Gasteiger charge is -2.04. The van der Waals surface area contributed by atoms with Crippen molar-refractivity contribution in [3.8, 4) is 0 Å². The van der Waals surface area contributed by atoms with Gasteiger partial charge in [-0.05, 0) is 5.56 Å². The van der Waals surface area contributed by atoms with E-state index in [9.17, 15) is 14.4 Å². The van der Waals surface area contributed by atoms with Crippen LogP contribution in [-0.4, -0.2) is 18.7 Å². The smallest absolute Gasteiger partial charge is 0.342 e. The molecule has 0 unspecified atom stereocenters. The molecule has 0 atom stereocenters. The summed E-state index contributed by atoms with van der Waals surface area (Å²) in [5, 5.41) is 2.33. The molecule has 0 aromatic heterocycles. The number of ether oxygens (including phenoxy) is 1. The Labute approximate surface area is 96.7 Å². The lowest BCUT2D eigenvalue weighted by Crippen LogP contribution is -2.29. The Balaban J connectivity index is 2.26. The van der Waals surface area contributed by atoms with Crippen molar-refractivity contribution in [1.82, 2.24) is 10.8 Å². The minimum absolute atomic E-state index is 0.128. The molecule has 1 aromatic rings. The summed E-state index contributed by atoms with van der Waals surface area (Å²) in [7, 11) is 0. The maximum absolute atomic E-state index is 11.0. The molecule has 0 heterocycles. The minimum atomic E-state index is -1.32. The van der Waals surface area contributed by atoms with Gasteiger partial charge in [0.05, 0.1) is 0 Å². The van der Waals surface area contributed by atoms with Crippen LogP contribution in [0.5, 0.6) is 0 Å². The largest absolute Gasteiger partial charge is 0.542 e. The van der Waals surface area contributed by atoms with E-state index in [0.29, 0.717) is 0 Å². The first kappa shape index (κ1) is 12.5. The molecule has 2 N–H and O–H groups in total. The quantitative estimate of drug-likeness (QED) is 0.348. The van der Waals surface area contributed by atoms with Crippen LogP contribution in [0.25, 0.3) is 0 Å². The number of carbonyl (C=O) groups excluding carboxylic acids is 3. The zero-order chi connectivity index (χ0) is 12.5. The summed E-state index contributed by atoms with van der Waals surface area (Å²) in [6.45, 7) is 0.216. The molecule has 17 heavy (non-hydrogen) atoms. The second kappa shape index (κ2) is 6.83. The van der Waals surface area contributed by atoms with Gasteiger partial charge in [-0.3, -0.25) is 4.79 Å². The fraction of sp³-hybridized carbons (Fsp3) is 0.100. The monoisotopic (exact) mass is 238 g/mol. The third-order valence-electron chi connectivity index (χ3n) is 1.65. The standard InChI is InChI=1S/C10H10N2O5/c13-7-12-17-10(15)16-9(14)11-6-8-4-2-1-3-5-8/h1-5,7H,6H2,(H,11,14)(H,12,13). The topological polar surface area (TPSA) is 93.7 Å². The summed E-state index contributed by atoms with van der Waals surface area (Å²) in [5.74, 6) is 0. The second-order valence-electron chi connectivity index (χ2n) is 2.82. The van der Waals surface area contributed by atoms with Crippen molar-refractivity contribution in [3.63, 3.8) is 0 Å². The molecule has 0 fully saturated rings. The van der Waals surface area contributed by atoms with Gasteiger partial charge in [-0.15, -0.1) is 0 Å². The number of carbonyl (C=O) groups is 3. The Bertz CT molecular complexity index is 393. The lowest BCUT2D eigenvalue weighted by molar-refractivity contribution is -0.118. The predicted octanol–water partition coefficient (Wildman–Crippen LogP) is 0.710. The molecule has 7 heteroatoms. The van der Waals surface area contributed by atoms with Crippen LogP contribution in [0, 0.1) is 0 Å². The summed E-state index contributed by atoms with van der Waals surface area (Å²) in [5.41, 5.74) is 2.44. The van der Waals surface area contributed by atoms with Crippen molar-refractivity contribution in [1.29, 1.82) is 0 Å². The Kier molecular flexibility index (Phi) is 5.02. The number of alkyl carbamates (subject to hydrolysis) is 1. The number of hydrogen-bond donors (Lipinski definition) is 2.